The van der Waals surface area contributed by atoms with Crippen molar-refractivity contribution in [3.05, 3.63) is 22.4 Å². The zero-order chi connectivity index (χ0) is 14.6. The molecule has 0 saturated heterocycles. The Labute approximate surface area is 126 Å². The zero-order valence-corrected chi connectivity index (χ0v) is 13.4. The number of rotatable bonds is 5. The van der Waals surface area contributed by atoms with E-state index in [0.29, 0.717) is 13.0 Å². The van der Waals surface area contributed by atoms with Gasteiger partial charge in [-0.25, -0.2) is 0 Å². The van der Waals surface area contributed by atoms with Gasteiger partial charge in [0.2, 0.25) is 5.91 Å². The molecule has 1 amide bonds. The summed E-state index contributed by atoms with van der Waals surface area (Å²) in [6.45, 7) is 4.87. The van der Waals surface area contributed by atoms with Crippen molar-refractivity contribution in [3.63, 3.8) is 0 Å². The molecule has 1 fully saturated rings. The molecule has 0 aromatic carbocycles. The van der Waals surface area contributed by atoms with Gasteiger partial charge in [0.05, 0.1) is 6.54 Å². The smallest absolute Gasteiger partial charge is 0.224 e. The van der Waals surface area contributed by atoms with Crippen molar-refractivity contribution in [2.75, 3.05) is 0 Å². The topological polar surface area (TPSA) is 46.3 Å². The van der Waals surface area contributed by atoms with Gasteiger partial charge in [0.25, 0.3) is 0 Å². The van der Waals surface area contributed by atoms with E-state index in [-0.39, 0.29) is 17.5 Å². The summed E-state index contributed by atoms with van der Waals surface area (Å²) >= 11 is 1.71. The molecule has 20 heavy (non-hydrogen) atoms. The highest BCUT2D eigenvalue weighted by molar-refractivity contribution is 7.09. The first-order chi connectivity index (χ1) is 9.50. The van der Waals surface area contributed by atoms with E-state index in [9.17, 15) is 4.79 Å². The van der Waals surface area contributed by atoms with Crippen molar-refractivity contribution >= 4 is 17.2 Å². The molecule has 0 aliphatic heterocycles. The first kappa shape index (κ1) is 15.5. The van der Waals surface area contributed by atoms with Crippen molar-refractivity contribution in [1.82, 2.24) is 4.90 Å². The van der Waals surface area contributed by atoms with E-state index in [0.717, 1.165) is 25.7 Å². The molecular formula is C16H26N2OS. The maximum absolute atomic E-state index is 12.6. The highest BCUT2D eigenvalue weighted by Crippen LogP contribution is 2.29. The summed E-state index contributed by atoms with van der Waals surface area (Å²) in [6, 6.07) is 4.34. The third kappa shape index (κ3) is 4.06. The van der Waals surface area contributed by atoms with Gasteiger partial charge in [0, 0.05) is 22.9 Å². The van der Waals surface area contributed by atoms with Crippen LogP contribution in [0, 0.1) is 0 Å². The van der Waals surface area contributed by atoms with Crippen LogP contribution in [0.3, 0.4) is 0 Å². The Morgan fingerprint density at radius 1 is 1.40 bits per heavy atom. The first-order valence-corrected chi connectivity index (χ1v) is 8.49. The molecule has 0 radical (unpaired) electrons. The third-order valence-electron chi connectivity index (χ3n) is 4.20. The summed E-state index contributed by atoms with van der Waals surface area (Å²) in [5.41, 5.74) is 6.16. The van der Waals surface area contributed by atoms with Crippen LogP contribution in [0.5, 0.6) is 0 Å². The molecule has 0 unspecified atom stereocenters. The van der Waals surface area contributed by atoms with Crippen LogP contribution in [0.25, 0.3) is 0 Å². The van der Waals surface area contributed by atoms with Crippen molar-refractivity contribution in [2.45, 2.75) is 70.5 Å². The van der Waals surface area contributed by atoms with Gasteiger partial charge in [-0.3, -0.25) is 4.79 Å². The monoisotopic (exact) mass is 294 g/mol. The zero-order valence-electron chi connectivity index (χ0n) is 12.6. The maximum atomic E-state index is 12.6. The fourth-order valence-electron chi connectivity index (χ4n) is 2.96. The van der Waals surface area contributed by atoms with E-state index in [1.807, 2.05) is 11.0 Å². The number of hydrogen-bond donors (Lipinski definition) is 1. The second kappa shape index (κ2) is 6.72. The lowest BCUT2D eigenvalue weighted by atomic mass is 9.80. The number of nitrogens with two attached hydrogens (primary N) is 1. The Hall–Kier alpha value is -0.870. The molecule has 0 spiro atoms. The van der Waals surface area contributed by atoms with E-state index in [2.05, 4.69) is 25.3 Å². The predicted molar refractivity (Wildman–Crippen MR) is 84.6 cm³/mol. The molecule has 3 nitrogen and oxygen atoms in total. The fourth-order valence-corrected chi connectivity index (χ4v) is 3.67. The number of carbonyl (C=O) groups is 1. The Balaban J connectivity index is 1.99. The SMILES string of the molecule is CC(C)N(Cc1cccs1)C(=O)CC1(N)CCCCC1. The highest BCUT2D eigenvalue weighted by Gasteiger charge is 2.32. The van der Waals surface area contributed by atoms with E-state index in [4.69, 9.17) is 5.73 Å². The Morgan fingerprint density at radius 3 is 2.65 bits per heavy atom. The van der Waals surface area contributed by atoms with Gasteiger partial charge in [-0.1, -0.05) is 25.3 Å². The Bertz CT molecular complexity index is 422. The number of hydrogen-bond acceptors (Lipinski definition) is 3. The van der Waals surface area contributed by atoms with Crippen LogP contribution in [-0.2, 0) is 11.3 Å². The first-order valence-electron chi connectivity index (χ1n) is 7.61. The van der Waals surface area contributed by atoms with Crippen molar-refractivity contribution in [3.8, 4) is 0 Å². The largest absolute Gasteiger partial charge is 0.335 e. The van der Waals surface area contributed by atoms with Gasteiger partial charge in [0.15, 0.2) is 0 Å². The summed E-state index contributed by atoms with van der Waals surface area (Å²) in [4.78, 5) is 15.8. The number of thiophene rings is 1. The molecule has 1 heterocycles. The summed E-state index contributed by atoms with van der Waals surface area (Å²) in [5, 5.41) is 2.06. The lowest BCUT2D eigenvalue weighted by Gasteiger charge is -2.36. The Kier molecular flexibility index (Phi) is 5.22. The lowest BCUT2D eigenvalue weighted by molar-refractivity contribution is -0.135. The minimum atomic E-state index is -0.266. The van der Waals surface area contributed by atoms with Gasteiger partial charge in [0.1, 0.15) is 0 Å². The average molecular weight is 294 g/mol. The van der Waals surface area contributed by atoms with Crippen LogP contribution in [0.4, 0.5) is 0 Å². The number of carbonyl (C=O) groups excluding carboxylic acids is 1. The van der Waals surface area contributed by atoms with Crippen LogP contribution in [-0.4, -0.2) is 22.4 Å². The molecule has 0 bridgehead atoms. The third-order valence-corrected chi connectivity index (χ3v) is 5.06. The molecule has 1 aliphatic carbocycles. The van der Waals surface area contributed by atoms with Crippen LogP contribution < -0.4 is 5.73 Å². The van der Waals surface area contributed by atoms with Gasteiger partial charge in [-0.15, -0.1) is 11.3 Å². The minimum absolute atomic E-state index is 0.206. The number of nitrogens with zero attached hydrogens (tertiary/aromatic N) is 1. The van der Waals surface area contributed by atoms with E-state index >= 15 is 0 Å². The maximum Gasteiger partial charge on any atom is 0.224 e. The quantitative estimate of drug-likeness (QED) is 0.903. The molecular weight excluding hydrogens is 268 g/mol. The van der Waals surface area contributed by atoms with Crippen LogP contribution in [0.2, 0.25) is 0 Å². The molecule has 2 rings (SSSR count). The highest BCUT2D eigenvalue weighted by atomic mass is 32.1. The second-order valence-corrected chi connectivity index (χ2v) is 7.33. The molecule has 1 saturated carbocycles. The summed E-state index contributed by atoms with van der Waals surface area (Å²) in [7, 11) is 0. The summed E-state index contributed by atoms with van der Waals surface area (Å²) in [6.07, 6.45) is 6.06. The van der Waals surface area contributed by atoms with Gasteiger partial charge in [-0.2, -0.15) is 0 Å². The van der Waals surface area contributed by atoms with E-state index < -0.39 is 0 Å². The summed E-state index contributed by atoms with van der Waals surface area (Å²) < 4.78 is 0. The Morgan fingerprint density at radius 2 is 2.10 bits per heavy atom. The molecule has 112 valence electrons. The van der Waals surface area contributed by atoms with Gasteiger partial charge >= 0.3 is 0 Å². The average Bonchev–Trinajstić information content (AvgIpc) is 2.88. The van der Waals surface area contributed by atoms with Gasteiger partial charge in [-0.05, 0) is 38.1 Å². The van der Waals surface area contributed by atoms with Crippen molar-refractivity contribution < 1.29 is 4.79 Å². The van der Waals surface area contributed by atoms with Crippen LogP contribution in [0.15, 0.2) is 17.5 Å². The molecule has 1 aliphatic rings. The molecule has 0 atom stereocenters. The molecule has 1 aromatic heterocycles. The summed E-state index contributed by atoms with van der Waals surface area (Å²) in [5.74, 6) is 0.206. The fraction of sp³-hybridized carbons (Fsp3) is 0.688. The normalized spacial score (nSPS) is 18.2. The van der Waals surface area contributed by atoms with E-state index in [1.54, 1.807) is 11.3 Å². The van der Waals surface area contributed by atoms with Gasteiger partial charge < -0.3 is 10.6 Å². The molecule has 2 N–H and O–H groups in total. The minimum Gasteiger partial charge on any atom is -0.335 e. The van der Waals surface area contributed by atoms with Crippen molar-refractivity contribution in [2.24, 2.45) is 5.73 Å². The lowest BCUT2D eigenvalue weighted by Crippen LogP contribution is -2.48. The molecule has 1 aromatic rings. The number of amides is 1. The standard InChI is InChI=1S/C16H26N2OS/c1-13(2)18(12-14-7-6-10-20-14)15(19)11-16(17)8-4-3-5-9-16/h6-7,10,13H,3-5,8-9,11-12,17H2,1-2H3. The second-order valence-electron chi connectivity index (χ2n) is 6.29. The van der Waals surface area contributed by atoms with Crippen molar-refractivity contribution in [1.29, 1.82) is 0 Å². The van der Waals surface area contributed by atoms with Crippen LogP contribution >= 0.6 is 11.3 Å². The predicted octanol–water partition coefficient (Wildman–Crippen LogP) is 3.54. The molecule has 4 heteroatoms. The van der Waals surface area contributed by atoms with Crippen LogP contribution in [0.1, 0.15) is 57.2 Å². The van der Waals surface area contributed by atoms with E-state index in [1.165, 1.54) is 11.3 Å².